The van der Waals surface area contributed by atoms with Crippen molar-refractivity contribution in [2.75, 3.05) is 13.1 Å². The van der Waals surface area contributed by atoms with Gasteiger partial charge in [-0.05, 0) is 59.9 Å². The quantitative estimate of drug-likeness (QED) is 0.462. The van der Waals surface area contributed by atoms with E-state index in [9.17, 15) is 14.0 Å². The summed E-state index contributed by atoms with van der Waals surface area (Å²) in [5, 5.41) is 5.60. The van der Waals surface area contributed by atoms with Crippen molar-refractivity contribution < 1.29 is 23.5 Å². The molecule has 1 heterocycles. The Morgan fingerprint density at radius 3 is 2.44 bits per heavy atom. The molecule has 1 aliphatic heterocycles. The second-order valence-corrected chi connectivity index (χ2v) is 8.19. The van der Waals surface area contributed by atoms with Gasteiger partial charge in [0.25, 0.3) is 5.91 Å². The van der Waals surface area contributed by atoms with E-state index >= 15 is 0 Å². The van der Waals surface area contributed by atoms with Gasteiger partial charge in [-0.1, -0.05) is 42.5 Å². The average Bonchev–Trinajstić information content (AvgIpc) is 3.28. The largest absolute Gasteiger partial charge is 0.488 e. The molecule has 176 valence electrons. The maximum atomic E-state index is 12.9. The summed E-state index contributed by atoms with van der Waals surface area (Å²) < 4.78 is 24.0. The minimum absolute atomic E-state index is 0.0790. The molecule has 0 radical (unpaired) electrons. The van der Waals surface area contributed by atoms with Crippen molar-refractivity contribution in [2.24, 2.45) is 0 Å². The van der Waals surface area contributed by atoms with Gasteiger partial charge in [0.1, 0.15) is 24.3 Å². The van der Waals surface area contributed by atoms with Crippen molar-refractivity contribution in [1.82, 2.24) is 10.6 Å². The van der Waals surface area contributed by atoms with Crippen LogP contribution in [0.25, 0.3) is 0 Å². The molecule has 2 amide bonds. The first kappa shape index (κ1) is 23.3. The second kappa shape index (κ2) is 11.3. The molecule has 3 aromatic carbocycles. The van der Waals surface area contributed by atoms with Crippen LogP contribution in [-0.2, 0) is 24.2 Å². The number of para-hydroxylation sites is 1. The van der Waals surface area contributed by atoms with Crippen LogP contribution in [0.4, 0.5) is 9.18 Å². The minimum Gasteiger partial charge on any atom is -0.488 e. The summed E-state index contributed by atoms with van der Waals surface area (Å²) >= 11 is 0. The molecule has 4 rings (SSSR count). The SMILES string of the molecule is O=C(NCC1Cc2ccccc2O1)OCc1ccc(CCCNC(=O)c2ccc(F)cc2)cc1. The number of amides is 2. The maximum absolute atomic E-state index is 12.9. The predicted octanol–water partition coefficient (Wildman–Crippen LogP) is 4.42. The molecular formula is C27H27FN2O4. The molecule has 0 saturated heterocycles. The highest BCUT2D eigenvalue weighted by Crippen LogP contribution is 2.27. The third-order valence-electron chi connectivity index (χ3n) is 5.61. The van der Waals surface area contributed by atoms with E-state index in [2.05, 4.69) is 10.6 Å². The van der Waals surface area contributed by atoms with Gasteiger partial charge >= 0.3 is 6.09 Å². The van der Waals surface area contributed by atoms with Crippen molar-refractivity contribution in [3.05, 3.63) is 101 Å². The molecule has 0 bridgehead atoms. The van der Waals surface area contributed by atoms with Crippen LogP contribution >= 0.6 is 0 Å². The van der Waals surface area contributed by atoms with Crippen molar-refractivity contribution >= 4 is 12.0 Å². The summed E-state index contributed by atoms with van der Waals surface area (Å²) in [6, 6.07) is 21.2. The van der Waals surface area contributed by atoms with Crippen molar-refractivity contribution in [1.29, 1.82) is 0 Å². The van der Waals surface area contributed by atoms with Gasteiger partial charge in [0.15, 0.2) is 0 Å². The van der Waals surface area contributed by atoms with Crippen molar-refractivity contribution in [2.45, 2.75) is 32.0 Å². The van der Waals surface area contributed by atoms with Crippen molar-refractivity contribution in [3.63, 3.8) is 0 Å². The predicted molar refractivity (Wildman–Crippen MR) is 126 cm³/mol. The highest BCUT2D eigenvalue weighted by molar-refractivity contribution is 5.94. The normalized spacial score (nSPS) is 14.1. The molecule has 1 atom stereocenters. The van der Waals surface area contributed by atoms with Crippen LogP contribution in [-0.4, -0.2) is 31.2 Å². The first-order valence-corrected chi connectivity index (χ1v) is 11.3. The molecule has 0 saturated carbocycles. The first-order valence-electron chi connectivity index (χ1n) is 11.3. The summed E-state index contributed by atoms with van der Waals surface area (Å²) in [6.45, 7) is 1.10. The lowest BCUT2D eigenvalue weighted by Gasteiger charge is -2.12. The molecule has 3 aromatic rings. The molecule has 34 heavy (non-hydrogen) atoms. The topological polar surface area (TPSA) is 76.7 Å². The van der Waals surface area contributed by atoms with Gasteiger partial charge in [-0.25, -0.2) is 9.18 Å². The summed E-state index contributed by atoms with van der Waals surface area (Å²) in [4.78, 5) is 24.0. The Morgan fingerprint density at radius 2 is 1.68 bits per heavy atom. The Balaban J connectivity index is 1.10. The van der Waals surface area contributed by atoms with E-state index in [0.29, 0.717) is 18.7 Å². The zero-order valence-corrected chi connectivity index (χ0v) is 18.8. The summed E-state index contributed by atoms with van der Waals surface area (Å²) in [6.07, 6.45) is 1.80. The average molecular weight is 463 g/mol. The monoisotopic (exact) mass is 462 g/mol. The van der Waals surface area contributed by atoms with Crippen LogP contribution in [0.1, 0.15) is 33.5 Å². The Morgan fingerprint density at radius 1 is 0.941 bits per heavy atom. The molecule has 6 nitrogen and oxygen atoms in total. The van der Waals surface area contributed by atoms with E-state index in [1.165, 1.54) is 24.3 Å². The number of hydrogen-bond acceptors (Lipinski definition) is 4. The number of nitrogens with one attached hydrogen (secondary N) is 2. The van der Waals surface area contributed by atoms with E-state index < -0.39 is 6.09 Å². The van der Waals surface area contributed by atoms with Crippen LogP contribution in [0.2, 0.25) is 0 Å². The molecule has 2 N–H and O–H groups in total. The van der Waals surface area contributed by atoms with E-state index in [1.54, 1.807) is 0 Å². The van der Waals surface area contributed by atoms with E-state index in [1.807, 2.05) is 48.5 Å². The van der Waals surface area contributed by atoms with E-state index in [-0.39, 0.29) is 24.4 Å². The van der Waals surface area contributed by atoms with Gasteiger partial charge in [0.2, 0.25) is 0 Å². The number of carbonyl (C=O) groups excluding carboxylic acids is 2. The smallest absolute Gasteiger partial charge is 0.407 e. The third kappa shape index (κ3) is 6.57. The Labute approximate surface area is 198 Å². The lowest BCUT2D eigenvalue weighted by atomic mass is 10.1. The molecule has 0 aromatic heterocycles. The maximum Gasteiger partial charge on any atom is 0.407 e. The number of hydrogen-bond donors (Lipinski definition) is 2. The van der Waals surface area contributed by atoms with E-state index in [4.69, 9.17) is 9.47 Å². The van der Waals surface area contributed by atoms with Gasteiger partial charge in [-0.2, -0.15) is 0 Å². The standard InChI is InChI=1S/C27H27FN2O4/c28-23-13-11-21(12-14-23)26(31)29-15-3-4-19-7-9-20(10-8-19)18-33-27(32)30-17-24-16-22-5-1-2-6-25(22)34-24/h1-2,5-14,24H,3-4,15-18H2,(H,29,31)(H,30,32). The zero-order chi connectivity index (χ0) is 23.8. The van der Waals surface area contributed by atoms with Gasteiger partial charge in [-0.3, -0.25) is 4.79 Å². The lowest BCUT2D eigenvalue weighted by molar-refractivity contribution is 0.0953. The second-order valence-electron chi connectivity index (χ2n) is 8.19. The summed E-state index contributed by atoms with van der Waals surface area (Å²) in [5.41, 5.74) is 3.61. The van der Waals surface area contributed by atoms with Gasteiger partial charge < -0.3 is 20.1 Å². The van der Waals surface area contributed by atoms with Gasteiger partial charge in [-0.15, -0.1) is 0 Å². The molecule has 0 aliphatic carbocycles. The van der Waals surface area contributed by atoms with Crippen LogP contribution in [0.15, 0.2) is 72.8 Å². The van der Waals surface area contributed by atoms with Gasteiger partial charge in [0, 0.05) is 18.5 Å². The third-order valence-corrected chi connectivity index (χ3v) is 5.61. The molecule has 7 heteroatoms. The number of alkyl carbamates (subject to hydrolysis) is 1. The molecule has 0 spiro atoms. The van der Waals surface area contributed by atoms with Crippen LogP contribution in [0.5, 0.6) is 5.75 Å². The number of fused-ring (bicyclic) bond motifs is 1. The Bertz CT molecular complexity index is 1090. The van der Waals surface area contributed by atoms with Gasteiger partial charge in [0.05, 0.1) is 6.54 Å². The van der Waals surface area contributed by atoms with Crippen LogP contribution in [0.3, 0.4) is 0 Å². The van der Waals surface area contributed by atoms with Crippen LogP contribution in [0, 0.1) is 5.82 Å². The first-order chi connectivity index (χ1) is 16.6. The Hall–Kier alpha value is -3.87. The highest BCUT2D eigenvalue weighted by Gasteiger charge is 2.22. The number of carbonyl (C=O) groups is 2. The molecule has 1 aliphatic rings. The molecule has 1 unspecified atom stereocenters. The Kier molecular flexibility index (Phi) is 7.75. The number of ether oxygens (including phenoxy) is 2. The fraction of sp³-hybridized carbons (Fsp3) is 0.259. The summed E-state index contributed by atoms with van der Waals surface area (Å²) in [7, 11) is 0. The minimum atomic E-state index is -0.472. The fourth-order valence-corrected chi connectivity index (χ4v) is 3.76. The van der Waals surface area contributed by atoms with Crippen LogP contribution < -0.4 is 15.4 Å². The van der Waals surface area contributed by atoms with Crippen molar-refractivity contribution in [3.8, 4) is 5.75 Å². The molecular weight excluding hydrogens is 435 g/mol. The number of benzene rings is 3. The number of rotatable bonds is 9. The lowest BCUT2D eigenvalue weighted by Crippen LogP contribution is -2.34. The highest BCUT2D eigenvalue weighted by atomic mass is 19.1. The molecule has 0 fully saturated rings. The van der Waals surface area contributed by atoms with E-state index in [0.717, 1.165) is 41.7 Å². The number of halogens is 1. The fourth-order valence-electron chi connectivity index (χ4n) is 3.76. The summed E-state index contributed by atoms with van der Waals surface area (Å²) in [5.74, 6) is 0.295. The zero-order valence-electron chi connectivity index (χ0n) is 18.8. The number of aryl methyl sites for hydroxylation is 1.